The smallest absolute Gasteiger partial charge is 0.405 e. The molecule has 1 heterocycles. The second-order valence-electron chi connectivity index (χ2n) is 6.29. The summed E-state index contributed by atoms with van der Waals surface area (Å²) in [7, 11) is 0. The van der Waals surface area contributed by atoms with Gasteiger partial charge in [-0.1, -0.05) is 18.2 Å². The number of para-hydroxylation sites is 1. The molecule has 30 heavy (non-hydrogen) atoms. The van der Waals surface area contributed by atoms with Crippen LogP contribution in [0.4, 0.5) is 23.2 Å². The van der Waals surface area contributed by atoms with Crippen LogP contribution in [-0.4, -0.2) is 15.5 Å². The maximum absolute atomic E-state index is 14.4. The lowest BCUT2D eigenvalue weighted by molar-refractivity contribution is -0.137. The molecular weight excluding hydrogens is 400 g/mol. The Bertz CT molecular complexity index is 1180. The summed E-state index contributed by atoms with van der Waals surface area (Å²) in [6.45, 7) is 1.48. The molecule has 154 valence electrons. The van der Waals surface area contributed by atoms with Crippen LogP contribution in [0.25, 0.3) is 5.69 Å². The number of alkyl halides is 3. The summed E-state index contributed by atoms with van der Waals surface area (Å²) in [6, 6.07) is 10.8. The number of nitrogens with two attached hydrogens (primary N) is 1. The number of aliphatic imine (C=N–C) groups is 1. The standard InChI is InChI=1S/C21H16F4N4O/c1-13-12-29(18-8-7-14(11-16(18)22)21(23,24)25)28-19(20(13)30)17(9-10-26)27-15-5-3-2-4-6-15/h2-12H,26H2,1H3. The fourth-order valence-corrected chi connectivity index (χ4v) is 2.67. The molecule has 0 amide bonds. The number of hydrogen-bond donors (Lipinski definition) is 1. The monoisotopic (exact) mass is 416 g/mol. The number of allylic oxidation sites excluding steroid dienone is 1. The Morgan fingerprint density at radius 2 is 1.87 bits per heavy atom. The summed E-state index contributed by atoms with van der Waals surface area (Å²) in [6.07, 6.45) is -0.902. The van der Waals surface area contributed by atoms with Gasteiger partial charge in [-0.05, 0) is 49.5 Å². The minimum absolute atomic E-state index is 0.124. The molecule has 0 saturated carbocycles. The molecule has 1 aromatic heterocycles. The van der Waals surface area contributed by atoms with Crippen LogP contribution < -0.4 is 11.2 Å². The van der Waals surface area contributed by atoms with Crippen molar-refractivity contribution in [1.29, 1.82) is 0 Å². The van der Waals surface area contributed by atoms with Crippen molar-refractivity contribution in [3.63, 3.8) is 0 Å². The summed E-state index contributed by atoms with van der Waals surface area (Å²) in [4.78, 5) is 17.0. The van der Waals surface area contributed by atoms with Gasteiger partial charge in [-0.15, -0.1) is 0 Å². The molecule has 0 atom stereocenters. The minimum Gasteiger partial charge on any atom is -0.405 e. The van der Waals surface area contributed by atoms with E-state index in [1.54, 1.807) is 30.3 Å². The summed E-state index contributed by atoms with van der Waals surface area (Å²) < 4.78 is 53.9. The first-order valence-corrected chi connectivity index (χ1v) is 8.71. The van der Waals surface area contributed by atoms with Gasteiger partial charge in [0.05, 0.1) is 17.0 Å². The van der Waals surface area contributed by atoms with Gasteiger partial charge in [0.15, 0.2) is 5.69 Å². The number of halogens is 4. The number of aryl methyl sites for hydroxylation is 1. The number of benzene rings is 2. The lowest BCUT2D eigenvalue weighted by Gasteiger charge is -2.12. The predicted octanol–water partition coefficient (Wildman–Crippen LogP) is 4.29. The van der Waals surface area contributed by atoms with Crippen molar-refractivity contribution >= 4 is 11.4 Å². The Labute approximate surface area is 168 Å². The summed E-state index contributed by atoms with van der Waals surface area (Å²) >= 11 is 0. The zero-order valence-corrected chi connectivity index (χ0v) is 15.7. The van der Waals surface area contributed by atoms with Crippen LogP contribution in [0.5, 0.6) is 0 Å². The maximum atomic E-state index is 14.4. The molecule has 0 bridgehead atoms. The van der Waals surface area contributed by atoms with Crippen LogP contribution in [0.3, 0.4) is 0 Å². The van der Waals surface area contributed by atoms with E-state index in [0.29, 0.717) is 11.8 Å². The molecule has 3 rings (SSSR count). The van der Waals surface area contributed by atoms with E-state index in [1.807, 2.05) is 0 Å². The van der Waals surface area contributed by atoms with E-state index in [2.05, 4.69) is 10.1 Å². The van der Waals surface area contributed by atoms with Crippen molar-refractivity contribution in [2.45, 2.75) is 13.1 Å². The Kier molecular flexibility index (Phi) is 5.81. The molecule has 9 heteroatoms. The van der Waals surface area contributed by atoms with Gasteiger partial charge in [0.2, 0.25) is 5.43 Å². The quantitative estimate of drug-likeness (QED) is 0.509. The predicted molar refractivity (Wildman–Crippen MR) is 105 cm³/mol. The number of rotatable bonds is 4. The van der Waals surface area contributed by atoms with Crippen LogP contribution >= 0.6 is 0 Å². The minimum atomic E-state index is -4.68. The number of hydrogen-bond acceptors (Lipinski definition) is 4. The maximum Gasteiger partial charge on any atom is 0.416 e. The van der Waals surface area contributed by atoms with Gasteiger partial charge in [-0.25, -0.2) is 14.1 Å². The molecule has 0 fully saturated rings. The second-order valence-corrected chi connectivity index (χ2v) is 6.29. The third kappa shape index (κ3) is 4.45. The van der Waals surface area contributed by atoms with Crippen molar-refractivity contribution in [3.05, 3.63) is 99.9 Å². The average molecular weight is 416 g/mol. The lowest BCUT2D eigenvalue weighted by Crippen LogP contribution is -2.24. The lowest BCUT2D eigenvalue weighted by atomic mass is 10.1. The van der Waals surface area contributed by atoms with E-state index in [9.17, 15) is 22.4 Å². The van der Waals surface area contributed by atoms with E-state index >= 15 is 0 Å². The molecule has 3 aromatic rings. The molecule has 0 aliphatic heterocycles. The molecule has 0 spiro atoms. The SMILES string of the molecule is Cc1cn(-c2ccc(C(F)(F)F)cc2F)nc(C(C=CN)=Nc2ccccc2)c1=O. The van der Waals surface area contributed by atoms with Crippen LogP contribution in [-0.2, 0) is 6.18 Å². The fraction of sp³-hybridized carbons (Fsp3) is 0.0952. The van der Waals surface area contributed by atoms with E-state index in [4.69, 9.17) is 5.73 Å². The first-order chi connectivity index (χ1) is 14.2. The van der Waals surface area contributed by atoms with Gasteiger partial charge in [-0.3, -0.25) is 4.79 Å². The Morgan fingerprint density at radius 1 is 1.17 bits per heavy atom. The molecule has 5 nitrogen and oxygen atoms in total. The highest BCUT2D eigenvalue weighted by atomic mass is 19.4. The first-order valence-electron chi connectivity index (χ1n) is 8.71. The first kappa shape index (κ1) is 21.0. The van der Waals surface area contributed by atoms with Crippen molar-refractivity contribution in [1.82, 2.24) is 9.78 Å². The van der Waals surface area contributed by atoms with E-state index in [1.165, 1.54) is 25.4 Å². The van der Waals surface area contributed by atoms with Gasteiger partial charge in [0.1, 0.15) is 11.5 Å². The van der Waals surface area contributed by atoms with E-state index < -0.39 is 23.0 Å². The Morgan fingerprint density at radius 3 is 2.47 bits per heavy atom. The highest BCUT2D eigenvalue weighted by molar-refractivity contribution is 6.08. The van der Waals surface area contributed by atoms with Gasteiger partial charge >= 0.3 is 6.18 Å². The summed E-state index contributed by atoms with van der Waals surface area (Å²) in [5, 5.41) is 4.12. The molecule has 2 N–H and O–H groups in total. The number of aromatic nitrogens is 2. The highest BCUT2D eigenvalue weighted by Gasteiger charge is 2.31. The van der Waals surface area contributed by atoms with Gasteiger partial charge in [-0.2, -0.15) is 18.3 Å². The second kappa shape index (κ2) is 8.32. The topological polar surface area (TPSA) is 73.3 Å². The summed E-state index contributed by atoms with van der Waals surface area (Å²) in [5.41, 5.74) is 4.36. The third-order valence-corrected chi connectivity index (χ3v) is 4.12. The van der Waals surface area contributed by atoms with E-state index in [0.717, 1.165) is 16.8 Å². The molecule has 0 aliphatic carbocycles. The molecule has 0 unspecified atom stereocenters. The average Bonchev–Trinajstić information content (AvgIpc) is 2.70. The van der Waals surface area contributed by atoms with Crippen LogP contribution in [0.2, 0.25) is 0 Å². The fourth-order valence-electron chi connectivity index (χ4n) is 2.67. The van der Waals surface area contributed by atoms with Crippen molar-refractivity contribution in [2.75, 3.05) is 0 Å². The zero-order chi connectivity index (χ0) is 21.9. The van der Waals surface area contributed by atoms with Gasteiger partial charge in [0.25, 0.3) is 0 Å². The molecule has 0 radical (unpaired) electrons. The Balaban J connectivity index is 2.17. The normalized spacial score (nSPS) is 12.5. The van der Waals surface area contributed by atoms with Crippen LogP contribution in [0.1, 0.15) is 16.8 Å². The third-order valence-electron chi connectivity index (χ3n) is 4.12. The van der Waals surface area contributed by atoms with Gasteiger partial charge < -0.3 is 5.73 Å². The van der Waals surface area contributed by atoms with Crippen molar-refractivity contribution in [3.8, 4) is 5.69 Å². The van der Waals surface area contributed by atoms with Crippen molar-refractivity contribution < 1.29 is 17.6 Å². The van der Waals surface area contributed by atoms with Crippen LogP contribution in [0, 0.1) is 12.7 Å². The van der Waals surface area contributed by atoms with Gasteiger partial charge in [0, 0.05) is 11.8 Å². The highest BCUT2D eigenvalue weighted by Crippen LogP contribution is 2.30. The van der Waals surface area contributed by atoms with E-state index in [-0.39, 0.29) is 22.7 Å². The molecule has 0 saturated heterocycles. The largest absolute Gasteiger partial charge is 0.416 e. The molecule has 0 aliphatic rings. The van der Waals surface area contributed by atoms with Crippen LogP contribution in [0.15, 0.2) is 76.8 Å². The summed E-state index contributed by atoms with van der Waals surface area (Å²) in [5.74, 6) is -1.14. The number of nitrogens with zero attached hydrogens (tertiary/aromatic N) is 3. The molecular formula is C21H16F4N4O. The molecule has 2 aromatic carbocycles. The Hall–Kier alpha value is -3.75. The van der Waals surface area contributed by atoms with Crippen molar-refractivity contribution in [2.24, 2.45) is 10.7 Å². The zero-order valence-electron chi connectivity index (χ0n) is 15.7.